The van der Waals surface area contributed by atoms with Crippen LogP contribution in [0.15, 0.2) is 9.98 Å². The Balaban J connectivity index is 5.17. The third-order valence-electron chi connectivity index (χ3n) is 4.62. The van der Waals surface area contributed by atoms with Crippen LogP contribution in [0.2, 0.25) is 0 Å². The summed E-state index contributed by atoms with van der Waals surface area (Å²) in [6, 6.07) is -5.04. The van der Waals surface area contributed by atoms with Crippen molar-refractivity contribution >= 4 is 41.6 Å². The lowest BCUT2D eigenvalue weighted by molar-refractivity contribution is -0.142. The largest absolute Gasteiger partial charge is 0.481 e. The maximum Gasteiger partial charge on any atom is 0.326 e. The van der Waals surface area contributed by atoms with E-state index in [1.165, 1.54) is 6.92 Å². The highest BCUT2D eigenvalue weighted by Gasteiger charge is 2.28. The fraction of sp³-hybridized carbons (Fsp3) is 0.632. The first-order valence-corrected chi connectivity index (χ1v) is 11.0. The normalized spacial score (nSPS) is 13.7. The van der Waals surface area contributed by atoms with Crippen molar-refractivity contribution in [1.82, 2.24) is 16.0 Å². The number of guanidine groups is 2. The van der Waals surface area contributed by atoms with E-state index in [-0.39, 0.29) is 50.7 Å². The van der Waals surface area contributed by atoms with Crippen molar-refractivity contribution in [3.05, 3.63) is 0 Å². The van der Waals surface area contributed by atoms with Crippen molar-refractivity contribution in [2.24, 2.45) is 38.7 Å². The second kappa shape index (κ2) is 16.5. The van der Waals surface area contributed by atoms with Gasteiger partial charge in [0.2, 0.25) is 17.7 Å². The quantitative estimate of drug-likeness (QED) is 0.0496. The molecule has 204 valence electrons. The number of carbonyl (C=O) groups excluding carboxylic acids is 3. The van der Waals surface area contributed by atoms with Gasteiger partial charge in [0.15, 0.2) is 11.9 Å². The molecule has 0 heterocycles. The first-order chi connectivity index (χ1) is 16.7. The van der Waals surface area contributed by atoms with Gasteiger partial charge in [0.25, 0.3) is 0 Å². The van der Waals surface area contributed by atoms with E-state index in [2.05, 4.69) is 25.9 Å². The molecule has 0 rings (SSSR count). The summed E-state index contributed by atoms with van der Waals surface area (Å²) >= 11 is 0. The smallest absolute Gasteiger partial charge is 0.326 e. The minimum Gasteiger partial charge on any atom is -0.481 e. The zero-order chi connectivity index (χ0) is 27.8. The Morgan fingerprint density at radius 2 is 1.22 bits per heavy atom. The number of aliphatic carboxylic acids is 2. The number of carbonyl (C=O) groups is 5. The van der Waals surface area contributed by atoms with Crippen LogP contribution in [0.25, 0.3) is 0 Å². The number of aliphatic imine (C=N–C) groups is 2. The van der Waals surface area contributed by atoms with Crippen LogP contribution in [0.3, 0.4) is 0 Å². The number of nitrogens with one attached hydrogen (secondary N) is 3. The standard InChI is InChI=1S/C19H36N10O7/c1-9(14(32)29-12(17(35)36)5-3-7-26-19(23)24)27-16(34)11(4-2-6-25-18(21)22)28-15(33)10(20)8-13(30)31/h9-12H,2-8,20H2,1H3,(H,27,34)(H,28,33)(H,29,32)(H,30,31)(H,35,36)(H4,21,22,25)(H4,23,24,26). The minimum absolute atomic E-state index is 0.0312. The Bertz CT molecular complexity index is 840. The lowest BCUT2D eigenvalue weighted by Crippen LogP contribution is -2.56. The first-order valence-electron chi connectivity index (χ1n) is 11.0. The third kappa shape index (κ3) is 14.2. The average Bonchev–Trinajstić information content (AvgIpc) is 2.76. The van der Waals surface area contributed by atoms with Crippen LogP contribution in [-0.2, 0) is 24.0 Å². The summed E-state index contributed by atoms with van der Waals surface area (Å²) in [5.74, 6) is -5.36. The van der Waals surface area contributed by atoms with Gasteiger partial charge < -0.3 is 54.8 Å². The molecule has 17 nitrogen and oxygen atoms in total. The molecule has 17 heteroatoms. The van der Waals surface area contributed by atoms with E-state index in [1.807, 2.05) is 0 Å². The van der Waals surface area contributed by atoms with Crippen LogP contribution in [-0.4, -0.2) is 89.0 Å². The van der Waals surface area contributed by atoms with Crippen LogP contribution in [0.5, 0.6) is 0 Å². The predicted octanol–water partition coefficient (Wildman–Crippen LogP) is -4.55. The van der Waals surface area contributed by atoms with E-state index < -0.39 is 60.2 Å². The summed E-state index contributed by atoms with van der Waals surface area (Å²) in [6.45, 7) is 1.62. The number of carboxylic acids is 2. The number of hydrogen-bond donors (Lipinski definition) is 10. The van der Waals surface area contributed by atoms with Crippen LogP contribution in [0.1, 0.15) is 39.0 Å². The number of nitrogens with zero attached hydrogens (tertiary/aromatic N) is 2. The fourth-order valence-electron chi connectivity index (χ4n) is 2.77. The Morgan fingerprint density at radius 3 is 1.67 bits per heavy atom. The molecule has 0 saturated carbocycles. The second-order valence-electron chi connectivity index (χ2n) is 7.79. The summed E-state index contributed by atoms with van der Waals surface area (Å²) in [5.41, 5.74) is 26.4. The summed E-state index contributed by atoms with van der Waals surface area (Å²) in [4.78, 5) is 67.2. The van der Waals surface area contributed by atoms with Crippen LogP contribution in [0, 0.1) is 0 Å². The molecule has 0 aliphatic carbocycles. The molecule has 3 amide bonds. The van der Waals surface area contributed by atoms with E-state index in [0.29, 0.717) is 0 Å². The van der Waals surface area contributed by atoms with Gasteiger partial charge in [-0.1, -0.05) is 0 Å². The van der Waals surface area contributed by atoms with Gasteiger partial charge in [-0.25, -0.2) is 4.79 Å². The molecular weight excluding hydrogens is 480 g/mol. The summed E-state index contributed by atoms with van der Waals surface area (Å²) < 4.78 is 0. The maximum absolute atomic E-state index is 12.8. The Morgan fingerprint density at radius 1 is 0.750 bits per heavy atom. The van der Waals surface area contributed by atoms with Gasteiger partial charge in [-0.2, -0.15) is 0 Å². The second-order valence-corrected chi connectivity index (χ2v) is 7.79. The zero-order valence-corrected chi connectivity index (χ0v) is 20.0. The van der Waals surface area contributed by atoms with Gasteiger partial charge >= 0.3 is 11.9 Å². The van der Waals surface area contributed by atoms with Crippen LogP contribution < -0.4 is 44.6 Å². The molecule has 15 N–H and O–H groups in total. The number of carboxylic acid groups (broad SMARTS) is 2. The van der Waals surface area contributed by atoms with Gasteiger partial charge in [-0.15, -0.1) is 0 Å². The Labute approximate surface area is 207 Å². The molecule has 0 aliphatic heterocycles. The molecule has 0 saturated heterocycles. The van der Waals surface area contributed by atoms with Crippen molar-refractivity contribution in [1.29, 1.82) is 0 Å². The molecule has 0 aliphatic rings. The van der Waals surface area contributed by atoms with Gasteiger partial charge in [-0.05, 0) is 32.6 Å². The Hall–Kier alpha value is -4.15. The number of hydrogen-bond acceptors (Lipinski definition) is 8. The molecular formula is C19H36N10O7. The third-order valence-corrected chi connectivity index (χ3v) is 4.62. The monoisotopic (exact) mass is 516 g/mol. The zero-order valence-electron chi connectivity index (χ0n) is 20.0. The highest BCUT2D eigenvalue weighted by molar-refractivity contribution is 5.94. The SMILES string of the molecule is CC(NC(=O)C(CCCN=C(N)N)NC(=O)C(N)CC(=O)O)C(=O)NC(CCCN=C(N)N)C(=O)O. The molecule has 0 aromatic heterocycles. The summed E-state index contributed by atoms with van der Waals surface area (Å²) in [7, 11) is 0. The molecule has 0 radical (unpaired) electrons. The maximum atomic E-state index is 12.8. The summed E-state index contributed by atoms with van der Waals surface area (Å²) in [6.07, 6.45) is -0.0699. The lowest BCUT2D eigenvalue weighted by Gasteiger charge is -2.23. The van der Waals surface area contributed by atoms with Crippen molar-refractivity contribution in [2.75, 3.05) is 13.1 Å². The van der Waals surface area contributed by atoms with E-state index in [1.54, 1.807) is 0 Å². The molecule has 36 heavy (non-hydrogen) atoms. The molecule has 0 spiro atoms. The van der Waals surface area contributed by atoms with Gasteiger partial charge in [0, 0.05) is 13.1 Å². The molecule has 0 bridgehead atoms. The van der Waals surface area contributed by atoms with Crippen LogP contribution in [0.4, 0.5) is 0 Å². The highest BCUT2D eigenvalue weighted by Crippen LogP contribution is 2.03. The van der Waals surface area contributed by atoms with Crippen molar-refractivity contribution in [3.8, 4) is 0 Å². The molecule has 0 fully saturated rings. The molecule has 0 aromatic carbocycles. The molecule has 4 unspecified atom stereocenters. The van der Waals surface area contributed by atoms with E-state index >= 15 is 0 Å². The number of amides is 3. The molecule has 4 atom stereocenters. The number of nitrogens with two attached hydrogens (primary N) is 5. The van der Waals surface area contributed by atoms with Gasteiger partial charge in [-0.3, -0.25) is 29.2 Å². The lowest BCUT2D eigenvalue weighted by atomic mass is 10.1. The molecule has 0 aromatic rings. The fourth-order valence-corrected chi connectivity index (χ4v) is 2.77. The topological polar surface area (TPSA) is 317 Å². The van der Waals surface area contributed by atoms with Crippen molar-refractivity contribution in [2.45, 2.75) is 63.2 Å². The average molecular weight is 517 g/mol. The predicted molar refractivity (Wildman–Crippen MR) is 129 cm³/mol. The van der Waals surface area contributed by atoms with Crippen molar-refractivity contribution in [3.63, 3.8) is 0 Å². The summed E-state index contributed by atoms with van der Waals surface area (Å²) in [5, 5.41) is 25.2. The van der Waals surface area contributed by atoms with E-state index in [4.69, 9.17) is 33.8 Å². The minimum atomic E-state index is -1.41. The van der Waals surface area contributed by atoms with Crippen LogP contribution >= 0.6 is 0 Å². The van der Waals surface area contributed by atoms with Gasteiger partial charge in [0.05, 0.1) is 12.5 Å². The Kier molecular flexibility index (Phi) is 14.6. The first kappa shape index (κ1) is 31.8. The van der Waals surface area contributed by atoms with E-state index in [9.17, 15) is 29.1 Å². The van der Waals surface area contributed by atoms with E-state index in [0.717, 1.165) is 0 Å². The highest BCUT2D eigenvalue weighted by atomic mass is 16.4. The number of rotatable bonds is 17. The van der Waals surface area contributed by atoms with Gasteiger partial charge in [0.1, 0.15) is 18.1 Å². The van der Waals surface area contributed by atoms with Crippen molar-refractivity contribution < 1.29 is 34.2 Å².